The van der Waals surface area contributed by atoms with Crippen LogP contribution in [0.3, 0.4) is 0 Å². The highest BCUT2D eigenvalue weighted by molar-refractivity contribution is 5.87. The monoisotopic (exact) mass is 305 g/mol. The molecule has 114 valence electrons. The SMILES string of the molecule is CC(C)n1c(-c2cncnc2)cc2cc(C(F)(F)F)ccc21. The average molecular weight is 305 g/mol. The highest BCUT2D eigenvalue weighted by Gasteiger charge is 2.31. The Morgan fingerprint density at radius 1 is 1.05 bits per heavy atom. The van der Waals surface area contributed by atoms with Gasteiger partial charge in [-0.2, -0.15) is 13.2 Å². The molecular weight excluding hydrogens is 291 g/mol. The first-order valence-electron chi connectivity index (χ1n) is 6.85. The second-order valence-corrected chi connectivity index (χ2v) is 5.39. The maximum absolute atomic E-state index is 12.9. The van der Waals surface area contributed by atoms with Gasteiger partial charge in [-0.25, -0.2) is 9.97 Å². The zero-order chi connectivity index (χ0) is 15.9. The molecule has 0 atom stereocenters. The summed E-state index contributed by atoms with van der Waals surface area (Å²) in [6, 6.07) is 5.67. The quantitative estimate of drug-likeness (QED) is 0.687. The van der Waals surface area contributed by atoms with Crippen LogP contribution in [0.15, 0.2) is 43.0 Å². The zero-order valence-electron chi connectivity index (χ0n) is 12.1. The third-order valence-electron chi connectivity index (χ3n) is 3.54. The van der Waals surface area contributed by atoms with Gasteiger partial charge in [-0.3, -0.25) is 0 Å². The normalized spacial score (nSPS) is 12.3. The summed E-state index contributed by atoms with van der Waals surface area (Å²) in [7, 11) is 0. The van der Waals surface area contributed by atoms with Gasteiger partial charge in [-0.1, -0.05) is 0 Å². The van der Waals surface area contributed by atoms with E-state index in [0.29, 0.717) is 5.39 Å². The second kappa shape index (κ2) is 5.12. The fourth-order valence-electron chi connectivity index (χ4n) is 2.62. The van der Waals surface area contributed by atoms with E-state index in [2.05, 4.69) is 9.97 Å². The molecule has 0 N–H and O–H groups in total. The minimum atomic E-state index is -4.34. The third-order valence-corrected chi connectivity index (χ3v) is 3.54. The van der Waals surface area contributed by atoms with Crippen molar-refractivity contribution in [1.82, 2.24) is 14.5 Å². The molecule has 0 aliphatic carbocycles. The highest BCUT2D eigenvalue weighted by atomic mass is 19.4. The Hall–Kier alpha value is -2.37. The molecule has 2 aromatic heterocycles. The van der Waals surface area contributed by atoms with Crippen molar-refractivity contribution in [3.63, 3.8) is 0 Å². The lowest BCUT2D eigenvalue weighted by Crippen LogP contribution is -2.05. The number of hydrogen-bond acceptors (Lipinski definition) is 2. The van der Waals surface area contributed by atoms with Gasteiger partial charge in [0, 0.05) is 34.9 Å². The van der Waals surface area contributed by atoms with E-state index in [1.54, 1.807) is 18.5 Å². The van der Waals surface area contributed by atoms with Crippen LogP contribution in [0.4, 0.5) is 13.2 Å². The van der Waals surface area contributed by atoms with Crippen LogP contribution in [-0.4, -0.2) is 14.5 Å². The van der Waals surface area contributed by atoms with Gasteiger partial charge in [-0.15, -0.1) is 0 Å². The Balaban J connectivity index is 2.27. The van der Waals surface area contributed by atoms with Gasteiger partial charge >= 0.3 is 6.18 Å². The van der Waals surface area contributed by atoms with Crippen molar-refractivity contribution in [1.29, 1.82) is 0 Å². The van der Waals surface area contributed by atoms with Crippen LogP contribution in [0.5, 0.6) is 0 Å². The average Bonchev–Trinajstić information content (AvgIpc) is 2.85. The fourth-order valence-corrected chi connectivity index (χ4v) is 2.62. The van der Waals surface area contributed by atoms with Gasteiger partial charge in [0.05, 0.1) is 11.3 Å². The molecule has 3 aromatic rings. The maximum Gasteiger partial charge on any atom is 0.416 e. The number of rotatable bonds is 2. The zero-order valence-corrected chi connectivity index (χ0v) is 12.1. The van der Waals surface area contributed by atoms with Crippen LogP contribution in [-0.2, 0) is 6.18 Å². The number of aromatic nitrogens is 3. The smallest absolute Gasteiger partial charge is 0.338 e. The first kappa shape index (κ1) is 14.6. The molecule has 0 radical (unpaired) electrons. The van der Waals surface area contributed by atoms with Crippen molar-refractivity contribution in [2.75, 3.05) is 0 Å². The lowest BCUT2D eigenvalue weighted by molar-refractivity contribution is -0.137. The van der Waals surface area contributed by atoms with Gasteiger partial charge in [0.1, 0.15) is 6.33 Å². The summed E-state index contributed by atoms with van der Waals surface area (Å²) in [5, 5.41) is 0.558. The lowest BCUT2D eigenvalue weighted by Gasteiger charge is -2.15. The van der Waals surface area contributed by atoms with E-state index in [0.717, 1.165) is 22.8 Å². The summed E-state index contributed by atoms with van der Waals surface area (Å²) in [6.07, 6.45) is 0.396. The van der Waals surface area contributed by atoms with Crippen molar-refractivity contribution < 1.29 is 13.2 Å². The minimum absolute atomic E-state index is 0.101. The van der Waals surface area contributed by atoms with Crippen molar-refractivity contribution in [2.45, 2.75) is 26.1 Å². The van der Waals surface area contributed by atoms with E-state index in [1.165, 1.54) is 18.5 Å². The molecule has 22 heavy (non-hydrogen) atoms. The largest absolute Gasteiger partial charge is 0.416 e. The summed E-state index contributed by atoms with van der Waals surface area (Å²) >= 11 is 0. The Bertz CT molecular complexity index is 805. The summed E-state index contributed by atoms with van der Waals surface area (Å²) in [5.74, 6) is 0. The van der Waals surface area contributed by atoms with Crippen LogP contribution < -0.4 is 0 Å². The number of benzene rings is 1. The summed E-state index contributed by atoms with van der Waals surface area (Å²) < 4.78 is 40.6. The van der Waals surface area contributed by atoms with E-state index in [9.17, 15) is 13.2 Å². The van der Waals surface area contributed by atoms with Crippen molar-refractivity contribution in [2.24, 2.45) is 0 Å². The molecule has 0 fully saturated rings. The van der Waals surface area contributed by atoms with Crippen molar-refractivity contribution >= 4 is 10.9 Å². The van der Waals surface area contributed by atoms with Crippen LogP contribution in [0.1, 0.15) is 25.5 Å². The first-order valence-corrected chi connectivity index (χ1v) is 6.85. The van der Waals surface area contributed by atoms with Gasteiger partial charge in [0.25, 0.3) is 0 Å². The summed E-state index contributed by atoms with van der Waals surface area (Å²) in [6.45, 7) is 3.98. The highest BCUT2D eigenvalue weighted by Crippen LogP contribution is 2.35. The summed E-state index contributed by atoms with van der Waals surface area (Å²) in [4.78, 5) is 7.97. The van der Waals surface area contributed by atoms with Crippen LogP contribution in [0.2, 0.25) is 0 Å². The predicted octanol–water partition coefficient (Wildman–Crippen LogP) is 4.70. The molecule has 0 saturated carbocycles. The van der Waals surface area contributed by atoms with Gasteiger partial charge in [0.2, 0.25) is 0 Å². The van der Waals surface area contributed by atoms with E-state index in [-0.39, 0.29) is 6.04 Å². The van der Waals surface area contributed by atoms with Crippen LogP contribution in [0.25, 0.3) is 22.2 Å². The molecule has 6 heteroatoms. The molecular formula is C16H14F3N3. The van der Waals surface area contributed by atoms with E-state index >= 15 is 0 Å². The van der Waals surface area contributed by atoms with Gasteiger partial charge in [-0.05, 0) is 38.1 Å². The molecule has 3 nitrogen and oxygen atoms in total. The number of nitrogens with zero attached hydrogens (tertiary/aromatic N) is 3. The Morgan fingerprint density at radius 2 is 1.73 bits per heavy atom. The van der Waals surface area contributed by atoms with Crippen LogP contribution >= 0.6 is 0 Å². The number of hydrogen-bond donors (Lipinski definition) is 0. The Kier molecular flexibility index (Phi) is 3.39. The fraction of sp³-hybridized carbons (Fsp3) is 0.250. The molecule has 0 amide bonds. The lowest BCUT2D eigenvalue weighted by atomic mass is 10.1. The number of halogens is 3. The van der Waals surface area contributed by atoms with E-state index in [4.69, 9.17) is 0 Å². The predicted molar refractivity (Wildman–Crippen MR) is 78.4 cm³/mol. The molecule has 1 aromatic carbocycles. The molecule has 0 unspecified atom stereocenters. The molecule has 0 saturated heterocycles. The number of fused-ring (bicyclic) bond motifs is 1. The third kappa shape index (κ3) is 2.45. The maximum atomic E-state index is 12.9. The molecule has 0 bridgehead atoms. The number of alkyl halides is 3. The molecule has 0 aliphatic rings. The molecule has 0 aliphatic heterocycles. The van der Waals surface area contributed by atoms with Gasteiger partial charge in [0.15, 0.2) is 0 Å². The van der Waals surface area contributed by atoms with Crippen molar-refractivity contribution in [3.05, 3.63) is 48.5 Å². The minimum Gasteiger partial charge on any atom is -0.338 e. The van der Waals surface area contributed by atoms with E-state index < -0.39 is 11.7 Å². The topological polar surface area (TPSA) is 30.7 Å². The molecule has 3 rings (SSSR count). The Morgan fingerprint density at radius 3 is 2.32 bits per heavy atom. The van der Waals surface area contributed by atoms with Crippen molar-refractivity contribution in [3.8, 4) is 11.3 Å². The summed E-state index contributed by atoms with van der Waals surface area (Å²) in [5.41, 5.74) is 1.71. The molecule has 2 heterocycles. The Labute approximate surface area is 125 Å². The molecule has 0 spiro atoms. The standard InChI is InChI=1S/C16H14F3N3/c1-10(2)22-14-4-3-13(16(17,18)19)5-11(14)6-15(22)12-7-20-9-21-8-12/h3-10H,1-2H3. The second-order valence-electron chi connectivity index (χ2n) is 5.39. The van der Waals surface area contributed by atoms with E-state index in [1.807, 2.05) is 18.4 Å². The van der Waals surface area contributed by atoms with Gasteiger partial charge < -0.3 is 4.57 Å². The van der Waals surface area contributed by atoms with Crippen LogP contribution in [0, 0.1) is 0 Å². The first-order chi connectivity index (χ1) is 10.4.